The molecule has 0 aromatic heterocycles. The standard InChI is InChI=1S/C15H23BrFNS/c1-4-11(3)19-10-14(18-5-2)9-12-8-13(17)6-7-15(12)16/h6-8,11,14,18H,4-5,9-10H2,1-3H3. The average molecular weight is 348 g/mol. The van der Waals surface area contributed by atoms with Gasteiger partial charge in [-0.25, -0.2) is 4.39 Å². The predicted octanol–water partition coefficient (Wildman–Crippen LogP) is 4.64. The van der Waals surface area contributed by atoms with Crippen LogP contribution in [0.4, 0.5) is 4.39 Å². The van der Waals surface area contributed by atoms with Crippen molar-refractivity contribution in [3.63, 3.8) is 0 Å². The van der Waals surface area contributed by atoms with Gasteiger partial charge in [0.05, 0.1) is 0 Å². The molecule has 0 bridgehead atoms. The molecule has 0 amide bonds. The Kier molecular flexibility index (Phi) is 8.03. The SMILES string of the molecule is CCNC(CSC(C)CC)Cc1cc(F)ccc1Br. The Balaban J connectivity index is 2.63. The number of nitrogens with one attached hydrogen (secondary N) is 1. The molecule has 1 rings (SSSR count). The zero-order valence-corrected chi connectivity index (χ0v) is 14.3. The first-order chi connectivity index (χ1) is 9.06. The molecular weight excluding hydrogens is 325 g/mol. The maximum atomic E-state index is 13.3. The number of likely N-dealkylation sites (N-methyl/N-ethyl adjacent to an activating group) is 1. The van der Waals surface area contributed by atoms with Crippen LogP contribution in [0.5, 0.6) is 0 Å². The van der Waals surface area contributed by atoms with Gasteiger partial charge in [-0.05, 0) is 43.1 Å². The number of hydrogen-bond acceptors (Lipinski definition) is 2. The second kappa shape index (κ2) is 8.98. The van der Waals surface area contributed by atoms with E-state index in [9.17, 15) is 4.39 Å². The minimum atomic E-state index is -0.164. The summed E-state index contributed by atoms with van der Waals surface area (Å²) in [6.07, 6.45) is 2.04. The molecule has 0 heterocycles. The van der Waals surface area contributed by atoms with Crippen molar-refractivity contribution < 1.29 is 4.39 Å². The van der Waals surface area contributed by atoms with Gasteiger partial charge in [-0.15, -0.1) is 0 Å². The van der Waals surface area contributed by atoms with Gasteiger partial charge >= 0.3 is 0 Å². The van der Waals surface area contributed by atoms with Crippen molar-refractivity contribution in [1.29, 1.82) is 0 Å². The van der Waals surface area contributed by atoms with Crippen molar-refractivity contribution in [3.8, 4) is 0 Å². The van der Waals surface area contributed by atoms with E-state index >= 15 is 0 Å². The van der Waals surface area contributed by atoms with Crippen LogP contribution in [-0.4, -0.2) is 23.6 Å². The van der Waals surface area contributed by atoms with Gasteiger partial charge in [0, 0.05) is 21.5 Å². The Morgan fingerprint density at radius 1 is 1.37 bits per heavy atom. The highest BCUT2D eigenvalue weighted by Crippen LogP contribution is 2.22. The molecule has 108 valence electrons. The van der Waals surface area contributed by atoms with E-state index < -0.39 is 0 Å². The van der Waals surface area contributed by atoms with Crippen molar-refractivity contribution in [3.05, 3.63) is 34.1 Å². The molecule has 2 unspecified atom stereocenters. The van der Waals surface area contributed by atoms with Crippen LogP contribution in [-0.2, 0) is 6.42 Å². The normalized spacial score (nSPS) is 14.4. The van der Waals surface area contributed by atoms with Gasteiger partial charge in [0.25, 0.3) is 0 Å². The predicted molar refractivity (Wildman–Crippen MR) is 87.5 cm³/mol. The highest BCUT2D eigenvalue weighted by atomic mass is 79.9. The maximum absolute atomic E-state index is 13.3. The Labute approximate surface area is 128 Å². The Hall–Kier alpha value is -0.0600. The van der Waals surface area contributed by atoms with E-state index in [1.54, 1.807) is 12.1 Å². The van der Waals surface area contributed by atoms with E-state index in [2.05, 4.69) is 42.0 Å². The summed E-state index contributed by atoms with van der Waals surface area (Å²) in [5.41, 5.74) is 1.04. The zero-order chi connectivity index (χ0) is 14.3. The highest BCUT2D eigenvalue weighted by Gasteiger charge is 2.13. The molecule has 0 spiro atoms. The molecule has 0 fully saturated rings. The summed E-state index contributed by atoms with van der Waals surface area (Å²) in [6, 6.07) is 5.30. The minimum Gasteiger partial charge on any atom is -0.313 e. The van der Waals surface area contributed by atoms with E-state index in [1.807, 2.05) is 11.8 Å². The number of thioether (sulfide) groups is 1. The molecule has 0 saturated heterocycles. The van der Waals surface area contributed by atoms with Gasteiger partial charge in [-0.2, -0.15) is 11.8 Å². The molecule has 19 heavy (non-hydrogen) atoms. The first-order valence-electron chi connectivity index (χ1n) is 6.85. The van der Waals surface area contributed by atoms with Crippen molar-refractivity contribution >= 4 is 27.7 Å². The number of hydrogen-bond donors (Lipinski definition) is 1. The summed E-state index contributed by atoms with van der Waals surface area (Å²) >= 11 is 5.48. The fraction of sp³-hybridized carbons (Fsp3) is 0.600. The van der Waals surface area contributed by atoms with E-state index in [1.165, 1.54) is 12.5 Å². The molecule has 0 aliphatic carbocycles. The molecule has 1 aromatic carbocycles. The lowest BCUT2D eigenvalue weighted by Gasteiger charge is -2.20. The summed E-state index contributed by atoms with van der Waals surface area (Å²) in [5, 5.41) is 4.17. The van der Waals surface area contributed by atoms with Crippen LogP contribution in [0.1, 0.15) is 32.8 Å². The molecule has 0 saturated carbocycles. The minimum absolute atomic E-state index is 0.164. The summed E-state index contributed by atoms with van der Waals surface area (Å²) in [5.74, 6) is 0.897. The maximum Gasteiger partial charge on any atom is 0.123 e. The number of halogens is 2. The fourth-order valence-electron chi connectivity index (χ4n) is 1.84. The number of rotatable bonds is 8. The van der Waals surface area contributed by atoms with Crippen molar-refractivity contribution in [2.24, 2.45) is 0 Å². The van der Waals surface area contributed by atoms with Crippen LogP contribution < -0.4 is 5.32 Å². The molecule has 0 radical (unpaired) electrons. The monoisotopic (exact) mass is 347 g/mol. The smallest absolute Gasteiger partial charge is 0.123 e. The van der Waals surface area contributed by atoms with Gasteiger partial charge in [-0.3, -0.25) is 0 Å². The van der Waals surface area contributed by atoms with Crippen LogP contribution in [0.3, 0.4) is 0 Å². The second-order valence-corrected chi connectivity index (χ2v) is 7.07. The topological polar surface area (TPSA) is 12.0 Å². The molecule has 1 aromatic rings. The van der Waals surface area contributed by atoms with Crippen molar-refractivity contribution in [2.75, 3.05) is 12.3 Å². The lowest BCUT2D eigenvalue weighted by molar-refractivity contribution is 0.566. The van der Waals surface area contributed by atoms with E-state index in [4.69, 9.17) is 0 Å². The fourth-order valence-corrected chi connectivity index (χ4v) is 3.28. The third-order valence-corrected chi connectivity index (χ3v) is 5.39. The van der Waals surface area contributed by atoms with Crippen molar-refractivity contribution in [2.45, 2.75) is 44.9 Å². The number of benzene rings is 1. The quantitative estimate of drug-likeness (QED) is 0.734. The second-order valence-electron chi connectivity index (χ2n) is 4.75. The van der Waals surface area contributed by atoms with E-state index in [0.717, 1.165) is 28.8 Å². The lowest BCUT2D eigenvalue weighted by atomic mass is 10.1. The molecule has 1 nitrogen and oxygen atoms in total. The first kappa shape index (κ1) is 17.0. The van der Waals surface area contributed by atoms with E-state index in [0.29, 0.717) is 11.3 Å². The van der Waals surface area contributed by atoms with Crippen LogP contribution in [0, 0.1) is 5.82 Å². The van der Waals surface area contributed by atoms with Crippen LogP contribution >= 0.6 is 27.7 Å². The molecule has 0 aliphatic rings. The zero-order valence-electron chi connectivity index (χ0n) is 11.9. The average Bonchev–Trinajstić information content (AvgIpc) is 2.40. The Bertz CT molecular complexity index is 386. The Morgan fingerprint density at radius 2 is 2.11 bits per heavy atom. The van der Waals surface area contributed by atoms with Gasteiger partial charge < -0.3 is 5.32 Å². The summed E-state index contributed by atoms with van der Waals surface area (Å²) in [6.45, 7) is 7.52. The van der Waals surface area contributed by atoms with Crippen molar-refractivity contribution in [1.82, 2.24) is 5.32 Å². The lowest BCUT2D eigenvalue weighted by Crippen LogP contribution is -2.33. The van der Waals surface area contributed by atoms with E-state index in [-0.39, 0.29) is 5.82 Å². The summed E-state index contributed by atoms with van der Waals surface area (Å²) in [7, 11) is 0. The third-order valence-electron chi connectivity index (χ3n) is 3.12. The highest BCUT2D eigenvalue weighted by molar-refractivity contribution is 9.10. The van der Waals surface area contributed by atoms with Gasteiger partial charge in [0.1, 0.15) is 5.82 Å². The molecular formula is C15H23BrFNS. The molecule has 0 aliphatic heterocycles. The van der Waals surface area contributed by atoms with Gasteiger partial charge in [0.2, 0.25) is 0 Å². The first-order valence-corrected chi connectivity index (χ1v) is 8.69. The third kappa shape index (κ3) is 6.28. The van der Waals surface area contributed by atoms with Crippen LogP contribution in [0.2, 0.25) is 0 Å². The summed E-state index contributed by atoms with van der Waals surface area (Å²) < 4.78 is 14.3. The van der Waals surface area contributed by atoms with Crippen LogP contribution in [0.25, 0.3) is 0 Å². The molecule has 1 N–H and O–H groups in total. The largest absolute Gasteiger partial charge is 0.313 e. The molecule has 2 atom stereocenters. The summed E-state index contributed by atoms with van der Waals surface area (Å²) in [4.78, 5) is 0. The molecule has 4 heteroatoms. The Morgan fingerprint density at radius 3 is 2.74 bits per heavy atom. The van der Waals surface area contributed by atoms with Crippen LogP contribution in [0.15, 0.2) is 22.7 Å². The van der Waals surface area contributed by atoms with Gasteiger partial charge in [0.15, 0.2) is 0 Å². The van der Waals surface area contributed by atoms with Gasteiger partial charge in [-0.1, -0.05) is 36.7 Å².